The van der Waals surface area contributed by atoms with Gasteiger partial charge in [-0.1, -0.05) is 49.2 Å². The van der Waals surface area contributed by atoms with Crippen LogP contribution in [-0.2, 0) is 20.9 Å². The first-order valence-corrected chi connectivity index (χ1v) is 14.7. The number of nitrogens with zero attached hydrogens (tertiary/aromatic N) is 3. The van der Waals surface area contributed by atoms with Gasteiger partial charge in [0.2, 0.25) is 18.6 Å². The van der Waals surface area contributed by atoms with Gasteiger partial charge in [-0.3, -0.25) is 19.3 Å². The molecule has 3 amide bonds. The average Bonchev–Trinajstić information content (AvgIpc) is 3.58. The van der Waals surface area contributed by atoms with Crippen LogP contribution < -0.4 is 20.1 Å². The van der Waals surface area contributed by atoms with E-state index >= 15 is 0 Å². The van der Waals surface area contributed by atoms with Crippen LogP contribution in [0.15, 0.2) is 52.4 Å². The zero-order valence-corrected chi connectivity index (χ0v) is 22.9. The first-order chi connectivity index (χ1) is 19.5. The summed E-state index contributed by atoms with van der Waals surface area (Å²) < 4.78 is 10.7. The maximum Gasteiger partial charge on any atom is 0.270 e. The zero-order valence-electron chi connectivity index (χ0n) is 22.1. The monoisotopic (exact) mass is 561 g/mol. The van der Waals surface area contributed by atoms with E-state index in [-0.39, 0.29) is 49.2 Å². The molecule has 0 aromatic heterocycles. The van der Waals surface area contributed by atoms with Gasteiger partial charge in [-0.05, 0) is 49.1 Å². The fraction of sp³-hybridized carbons (Fsp3) is 0.414. The molecule has 1 aliphatic carbocycles. The third-order valence-electron chi connectivity index (χ3n) is 7.48. The summed E-state index contributed by atoms with van der Waals surface area (Å²) in [6.45, 7) is 0.534. The standard InChI is InChI=1S/C29H31N5O5S/c35-25(30-15-18-10-12-23-24(14-18)39-17-38-23)13-11-22-28(37)33-27-20-8-4-5-9-21(20)32-29(34(22)27)40-16-26(36)31-19-6-2-1-3-7-19/h4-5,8-10,12,14,19,22H,1-3,6-7,11,13,15-17H2,(H,30,35)(H,31,36). The molecule has 2 aromatic carbocycles. The molecule has 2 aromatic rings. The molecule has 1 atom stereocenters. The SMILES string of the molecule is O=C(CCC1C(=O)N=C2c3ccccc3N=C(SCC(=O)NC3CCCCC3)N21)NCc1ccc2c(c1)OCO2. The lowest BCUT2D eigenvalue weighted by atomic mass is 9.95. The lowest BCUT2D eigenvalue weighted by Gasteiger charge is -2.31. The molecular formula is C29H31N5O5S. The number of nitrogens with one attached hydrogen (secondary N) is 2. The van der Waals surface area contributed by atoms with Crippen molar-refractivity contribution in [3.8, 4) is 11.5 Å². The Morgan fingerprint density at radius 3 is 2.70 bits per heavy atom. The molecule has 4 aliphatic rings. The molecule has 0 radical (unpaired) electrons. The summed E-state index contributed by atoms with van der Waals surface area (Å²) in [6, 6.07) is 12.6. The van der Waals surface area contributed by atoms with Gasteiger partial charge >= 0.3 is 0 Å². The highest BCUT2D eigenvalue weighted by Gasteiger charge is 2.41. The van der Waals surface area contributed by atoms with Crippen LogP contribution in [0, 0.1) is 0 Å². The summed E-state index contributed by atoms with van der Waals surface area (Å²) >= 11 is 1.30. The molecule has 1 fully saturated rings. The van der Waals surface area contributed by atoms with Gasteiger partial charge in [-0.25, -0.2) is 4.99 Å². The molecule has 6 rings (SSSR count). The Morgan fingerprint density at radius 1 is 1.00 bits per heavy atom. The van der Waals surface area contributed by atoms with Crippen LogP contribution in [0.1, 0.15) is 56.1 Å². The van der Waals surface area contributed by atoms with Crippen LogP contribution in [0.3, 0.4) is 0 Å². The number of thioether (sulfide) groups is 1. The fourth-order valence-corrected chi connectivity index (χ4v) is 6.29. The van der Waals surface area contributed by atoms with Gasteiger partial charge < -0.3 is 20.1 Å². The number of hydrogen-bond acceptors (Lipinski definition) is 8. The second kappa shape index (κ2) is 11.7. The number of carbonyl (C=O) groups excluding carboxylic acids is 3. The van der Waals surface area contributed by atoms with Crippen molar-refractivity contribution in [1.29, 1.82) is 0 Å². The Labute approximate surface area is 236 Å². The lowest BCUT2D eigenvalue weighted by molar-refractivity contribution is -0.122. The molecule has 0 spiro atoms. The summed E-state index contributed by atoms with van der Waals surface area (Å²) in [5.74, 6) is 1.55. The molecule has 3 aliphatic heterocycles. The number of amidine groups is 2. The molecule has 40 heavy (non-hydrogen) atoms. The van der Waals surface area contributed by atoms with Crippen LogP contribution >= 0.6 is 11.8 Å². The predicted octanol–water partition coefficient (Wildman–Crippen LogP) is 3.65. The average molecular weight is 562 g/mol. The van der Waals surface area contributed by atoms with Crippen molar-refractivity contribution < 1.29 is 23.9 Å². The number of para-hydroxylation sites is 1. The molecule has 208 valence electrons. The van der Waals surface area contributed by atoms with Crippen molar-refractivity contribution in [1.82, 2.24) is 15.5 Å². The van der Waals surface area contributed by atoms with E-state index in [0.29, 0.717) is 34.7 Å². The first kappa shape index (κ1) is 26.4. The van der Waals surface area contributed by atoms with Gasteiger partial charge in [-0.2, -0.15) is 4.99 Å². The van der Waals surface area contributed by atoms with Crippen molar-refractivity contribution in [2.75, 3.05) is 12.5 Å². The minimum atomic E-state index is -0.660. The molecule has 0 saturated heterocycles. The van der Waals surface area contributed by atoms with E-state index < -0.39 is 6.04 Å². The van der Waals surface area contributed by atoms with E-state index in [4.69, 9.17) is 14.5 Å². The Balaban J connectivity index is 1.10. The van der Waals surface area contributed by atoms with Crippen LogP contribution in [0.4, 0.5) is 5.69 Å². The van der Waals surface area contributed by atoms with Gasteiger partial charge in [0.15, 0.2) is 16.7 Å². The highest BCUT2D eigenvalue weighted by Crippen LogP contribution is 2.35. The minimum Gasteiger partial charge on any atom is -0.454 e. The number of amides is 3. The highest BCUT2D eigenvalue weighted by atomic mass is 32.2. The van der Waals surface area contributed by atoms with E-state index in [9.17, 15) is 14.4 Å². The largest absolute Gasteiger partial charge is 0.454 e. The Bertz CT molecular complexity index is 1390. The summed E-state index contributed by atoms with van der Waals surface area (Å²) in [7, 11) is 0. The summed E-state index contributed by atoms with van der Waals surface area (Å²) in [4.78, 5) is 49.5. The van der Waals surface area contributed by atoms with Crippen molar-refractivity contribution in [3.05, 3.63) is 53.6 Å². The molecular weight excluding hydrogens is 530 g/mol. The van der Waals surface area contributed by atoms with Crippen molar-refractivity contribution in [2.45, 2.75) is 63.6 Å². The third kappa shape index (κ3) is 5.70. The van der Waals surface area contributed by atoms with Gasteiger partial charge in [-0.15, -0.1) is 0 Å². The molecule has 3 heterocycles. The first-order valence-electron chi connectivity index (χ1n) is 13.7. The second-order valence-electron chi connectivity index (χ2n) is 10.3. The van der Waals surface area contributed by atoms with E-state index in [1.165, 1.54) is 18.2 Å². The minimum absolute atomic E-state index is 0.0399. The summed E-state index contributed by atoms with van der Waals surface area (Å²) in [6.07, 6.45) is 5.95. The molecule has 0 bridgehead atoms. The van der Waals surface area contributed by atoms with E-state index in [1.807, 2.05) is 42.5 Å². The second-order valence-corrected chi connectivity index (χ2v) is 11.2. The van der Waals surface area contributed by atoms with Crippen LogP contribution in [0.5, 0.6) is 11.5 Å². The Hall–Kier alpha value is -3.86. The van der Waals surface area contributed by atoms with Crippen molar-refractivity contribution >= 4 is 46.2 Å². The lowest BCUT2D eigenvalue weighted by Crippen LogP contribution is -2.45. The summed E-state index contributed by atoms with van der Waals surface area (Å²) in [5.41, 5.74) is 2.37. The van der Waals surface area contributed by atoms with Crippen molar-refractivity contribution in [3.63, 3.8) is 0 Å². The van der Waals surface area contributed by atoms with E-state index in [1.54, 1.807) is 4.90 Å². The van der Waals surface area contributed by atoms with E-state index in [2.05, 4.69) is 15.6 Å². The third-order valence-corrected chi connectivity index (χ3v) is 8.43. The zero-order chi connectivity index (χ0) is 27.5. The molecule has 1 unspecified atom stereocenters. The predicted molar refractivity (Wildman–Crippen MR) is 152 cm³/mol. The van der Waals surface area contributed by atoms with Gasteiger partial charge in [0.05, 0.1) is 11.4 Å². The smallest absolute Gasteiger partial charge is 0.270 e. The molecule has 11 heteroatoms. The maximum atomic E-state index is 13.1. The molecule has 2 N–H and O–H groups in total. The maximum absolute atomic E-state index is 13.1. The normalized spacial score (nSPS) is 19.4. The number of ether oxygens (including phenoxy) is 2. The Kier molecular flexibility index (Phi) is 7.72. The molecule has 1 saturated carbocycles. The quantitative estimate of drug-likeness (QED) is 0.505. The number of benzene rings is 2. The van der Waals surface area contributed by atoms with Gasteiger partial charge in [0.25, 0.3) is 5.91 Å². The van der Waals surface area contributed by atoms with Crippen LogP contribution in [0.25, 0.3) is 0 Å². The van der Waals surface area contributed by atoms with Crippen LogP contribution in [-0.4, -0.2) is 58.3 Å². The van der Waals surface area contributed by atoms with Gasteiger partial charge in [0.1, 0.15) is 11.9 Å². The number of fused-ring (bicyclic) bond motifs is 4. The highest BCUT2D eigenvalue weighted by molar-refractivity contribution is 8.14. The number of carbonyl (C=O) groups is 3. The number of rotatable bonds is 8. The molecule has 10 nitrogen and oxygen atoms in total. The van der Waals surface area contributed by atoms with E-state index in [0.717, 1.165) is 36.8 Å². The Morgan fingerprint density at radius 2 is 1.82 bits per heavy atom. The summed E-state index contributed by atoms with van der Waals surface area (Å²) in [5, 5.41) is 6.61. The number of aliphatic imine (C=N–C) groups is 2. The van der Waals surface area contributed by atoms with Crippen molar-refractivity contribution in [2.24, 2.45) is 9.98 Å². The topological polar surface area (TPSA) is 122 Å². The fourth-order valence-electron chi connectivity index (χ4n) is 5.43. The van der Waals surface area contributed by atoms with Gasteiger partial charge in [0, 0.05) is 24.6 Å². The van der Waals surface area contributed by atoms with Crippen LogP contribution in [0.2, 0.25) is 0 Å². The number of hydrogen-bond donors (Lipinski definition) is 2.